The predicted octanol–water partition coefficient (Wildman–Crippen LogP) is 0.908. The standard InChI is InChI=1S/C8H13N4/c1-3-4-5-12(2)8-10-6-9-7-11-8/h6H,3-5H2,1-2H3. The van der Waals surface area contributed by atoms with Crippen molar-refractivity contribution in [1.82, 2.24) is 15.0 Å². The van der Waals surface area contributed by atoms with Gasteiger partial charge in [0, 0.05) is 13.6 Å². The highest BCUT2D eigenvalue weighted by atomic mass is 15.2. The third-order valence-corrected chi connectivity index (χ3v) is 1.63. The van der Waals surface area contributed by atoms with E-state index >= 15 is 0 Å². The molecular formula is C8H13N4. The van der Waals surface area contributed by atoms with Crippen LogP contribution in [-0.4, -0.2) is 28.5 Å². The second-order valence-corrected chi connectivity index (χ2v) is 2.66. The molecule has 0 atom stereocenters. The summed E-state index contributed by atoms with van der Waals surface area (Å²) in [5.74, 6) is 0.693. The molecule has 1 aromatic rings. The summed E-state index contributed by atoms with van der Waals surface area (Å²) in [4.78, 5) is 13.6. The van der Waals surface area contributed by atoms with E-state index in [0.717, 1.165) is 13.0 Å². The predicted molar refractivity (Wildman–Crippen MR) is 46.8 cm³/mol. The monoisotopic (exact) mass is 165 g/mol. The van der Waals surface area contributed by atoms with Crippen LogP contribution in [0.25, 0.3) is 0 Å². The molecule has 0 aromatic carbocycles. The maximum atomic E-state index is 4.00. The van der Waals surface area contributed by atoms with Gasteiger partial charge in [-0.1, -0.05) is 13.3 Å². The maximum Gasteiger partial charge on any atom is 0.228 e. The van der Waals surface area contributed by atoms with Crippen molar-refractivity contribution in [2.24, 2.45) is 0 Å². The Balaban J connectivity index is 2.48. The fraction of sp³-hybridized carbons (Fsp3) is 0.625. The van der Waals surface area contributed by atoms with E-state index in [1.54, 1.807) is 0 Å². The average molecular weight is 165 g/mol. The second-order valence-electron chi connectivity index (χ2n) is 2.66. The van der Waals surface area contributed by atoms with Crippen molar-refractivity contribution in [3.63, 3.8) is 0 Å². The Kier molecular flexibility index (Phi) is 3.44. The molecule has 0 saturated carbocycles. The van der Waals surface area contributed by atoms with Crippen molar-refractivity contribution in [3.05, 3.63) is 12.7 Å². The van der Waals surface area contributed by atoms with Crippen LogP contribution < -0.4 is 4.90 Å². The minimum Gasteiger partial charge on any atom is -0.344 e. The zero-order valence-electron chi connectivity index (χ0n) is 7.49. The minimum absolute atomic E-state index is 0.693. The summed E-state index contributed by atoms with van der Waals surface area (Å²) >= 11 is 0. The Bertz CT molecular complexity index is 212. The lowest BCUT2D eigenvalue weighted by molar-refractivity contribution is 0.746. The van der Waals surface area contributed by atoms with Gasteiger partial charge in [0.05, 0.1) is 0 Å². The van der Waals surface area contributed by atoms with Gasteiger partial charge in [0.15, 0.2) is 0 Å². The van der Waals surface area contributed by atoms with E-state index in [1.807, 2.05) is 11.9 Å². The lowest BCUT2D eigenvalue weighted by Crippen LogP contribution is -2.20. The van der Waals surface area contributed by atoms with E-state index in [9.17, 15) is 0 Å². The maximum absolute atomic E-state index is 4.00. The Morgan fingerprint density at radius 1 is 1.58 bits per heavy atom. The Labute approximate surface area is 72.7 Å². The van der Waals surface area contributed by atoms with E-state index in [1.165, 1.54) is 12.7 Å². The molecule has 65 valence electrons. The van der Waals surface area contributed by atoms with Crippen LogP contribution in [0, 0.1) is 6.33 Å². The summed E-state index contributed by atoms with van der Waals surface area (Å²) in [6.45, 7) is 3.14. The van der Waals surface area contributed by atoms with Crippen molar-refractivity contribution < 1.29 is 0 Å². The van der Waals surface area contributed by atoms with Gasteiger partial charge in [0.25, 0.3) is 0 Å². The molecule has 1 aromatic heterocycles. The molecule has 0 saturated heterocycles. The molecule has 1 radical (unpaired) electrons. The van der Waals surface area contributed by atoms with Gasteiger partial charge in [-0.3, -0.25) is 0 Å². The summed E-state index contributed by atoms with van der Waals surface area (Å²) in [5, 5.41) is 0. The molecule has 0 aliphatic heterocycles. The molecule has 12 heavy (non-hydrogen) atoms. The number of anilines is 1. The van der Waals surface area contributed by atoms with E-state index in [0.29, 0.717) is 5.95 Å². The van der Waals surface area contributed by atoms with Crippen LogP contribution in [0.3, 0.4) is 0 Å². The third kappa shape index (κ3) is 2.45. The molecule has 1 heterocycles. The van der Waals surface area contributed by atoms with Gasteiger partial charge in [-0.05, 0) is 6.42 Å². The number of aromatic nitrogens is 3. The normalized spacial score (nSPS) is 9.83. The molecule has 0 amide bonds. The van der Waals surface area contributed by atoms with Crippen LogP contribution >= 0.6 is 0 Å². The molecule has 0 bridgehead atoms. The zero-order chi connectivity index (χ0) is 8.81. The Hall–Kier alpha value is -1.19. The van der Waals surface area contributed by atoms with Crippen LogP contribution in [0.1, 0.15) is 19.8 Å². The van der Waals surface area contributed by atoms with Crippen molar-refractivity contribution in [3.8, 4) is 0 Å². The highest BCUT2D eigenvalue weighted by Crippen LogP contribution is 2.01. The summed E-state index contributed by atoms with van der Waals surface area (Å²) in [6, 6.07) is 0. The topological polar surface area (TPSA) is 41.9 Å². The highest BCUT2D eigenvalue weighted by Gasteiger charge is 2.00. The molecule has 0 N–H and O–H groups in total. The fourth-order valence-electron chi connectivity index (χ4n) is 0.888. The van der Waals surface area contributed by atoms with E-state index in [4.69, 9.17) is 0 Å². The van der Waals surface area contributed by atoms with E-state index < -0.39 is 0 Å². The Morgan fingerprint density at radius 3 is 3.00 bits per heavy atom. The van der Waals surface area contributed by atoms with Crippen molar-refractivity contribution in [1.29, 1.82) is 0 Å². The van der Waals surface area contributed by atoms with Crippen molar-refractivity contribution >= 4 is 5.95 Å². The molecule has 0 aliphatic carbocycles. The molecule has 4 nitrogen and oxygen atoms in total. The first kappa shape index (κ1) is 8.90. The SMILES string of the molecule is CCCCN(C)c1n[c]ncn1. The number of nitrogens with zero attached hydrogens (tertiary/aromatic N) is 4. The van der Waals surface area contributed by atoms with Gasteiger partial charge < -0.3 is 4.90 Å². The lowest BCUT2D eigenvalue weighted by Gasteiger charge is -2.14. The van der Waals surface area contributed by atoms with E-state index in [2.05, 4.69) is 28.2 Å². The molecule has 4 heteroatoms. The number of rotatable bonds is 4. The van der Waals surface area contributed by atoms with Crippen LogP contribution in [-0.2, 0) is 0 Å². The van der Waals surface area contributed by atoms with Crippen molar-refractivity contribution in [2.75, 3.05) is 18.5 Å². The van der Waals surface area contributed by atoms with Crippen LogP contribution in [0.5, 0.6) is 0 Å². The fourth-order valence-corrected chi connectivity index (χ4v) is 0.888. The largest absolute Gasteiger partial charge is 0.344 e. The average Bonchev–Trinajstić information content (AvgIpc) is 2.15. The van der Waals surface area contributed by atoms with Crippen LogP contribution in [0.2, 0.25) is 0 Å². The lowest BCUT2D eigenvalue weighted by atomic mass is 10.3. The smallest absolute Gasteiger partial charge is 0.228 e. The summed E-state index contributed by atoms with van der Waals surface area (Å²) in [6.07, 6.45) is 6.31. The molecule has 0 fully saturated rings. The summed E-state index contributed by atoms with van der Waals surface area (Å²) in [5.41, 5.74) is 0. The van der Waals surface area contributed by atoms with Crippen molar-refractivity contribution in [2.45, 2.75) is 19.8 Å². The van der Waals surface area contributed by atoms with E-state index in [-0.39, 0.29) is 0 Å². The van der Waals surface area contributed by atoms with Crippen LogP contribution in [0.4, 0.5) is 5.95 Å². The summed E-state index contributed by atoms with van der Waals surface area (Å²) < 4.78 is 0. The summed E-state index contributed by atoms with van der Waals surface area (Å²) in [7, 11) is 1.97. The van der Waals surface area contributed by atoms with Gasteiger partial charge >= 0.3 is 0 Å². The molecule has 1 rings (SSSR count). The number of hydrogen-bond acceptors (Lipinski definition) is 4. The number of hydrogen-bond donors (Lipinski definition) is 0. The Morgan fingerprint density at radius 2 is 2.42 bits per heavy atom. The number of unbranched alkanes of at least 4 members (excludes halogenated alkanes) is 1. The van der Waals surface area contributed by atoms with Gasteiger partial charge in [-0.15, -0.1) is 0 Å². The van der Waals surface area contributed by atoms with Crippen LogP contribution in [0.15, 0.2) is 6.33 Å². The first-order valence-electron chi connectivity index (χ1n) is 4.10. The first-order valence-corrected chi connectivity index (χ1v) is 4.10. The van der Waals surface area contributed by atoms with Gasteiger partial charge in [0.2, 0.25) is 12.3 Å². The highest BCUT2D eigenvalue weighted by molar-refractivity contribution is 5.24. The second kappa shape index (κ2) is 4.64. The van der Waals surface area contributed by atoms with Gasteiger partial charge in [0.1, 0.15) is 6.33 Å². The molecular weight excluding hydrogens is 152 g/mol. The molecule has 0 spiro atoms. The minimum atomic E-state index is 0.693. The third-order valence-electron chi connectivity index (χ3n) is 1.63. The first-order chi connectivity index (χ1) is 5.84. The molecule has 0 unspecified atom stereocenters. The molecule has 0 aliphatic rings. The zero-order valence-corrected chi connectivity index (χ0v) is 7.49. The quantitative estimate of drug-likeness (QED) is 0.665. The van der Waals surface area contributed by atoms with Gasteiger partial charge in [-0.25, -0.2) is 9.97 Å². The van der Waals surface area contributed by atoms with Gasteiger partial charge in [-0.2, -0.15) is 4.98 Å².